The molecule has 0 bridgehead atoms. The summed E-state index contributed by atoms with van der Waals surface area (Å²) in [6.45, 7) is 1.27. The summed E-state index contributed by atoms with van der Waals surface area (Å²) >= 11 is 0. The van der Waals surface area contributed by atoms with Gasteiger partial charge >= 0.3 is 0 Å². The first-order valence-electron chi connectivity index (χ1n) is 9.23. The first-order valence-corrected chi connectivity index (χ1v) is 11.1. The fraction of sp³-hybridized carbons (Fsp3) is 0.250. The standard InChI is InChI=1S/C20H21N5O3S/c1-29(27,28)24-12-10-23(11-13-24)20(26)18-15-25(17-7-3-2-4-8-17)22-19(18)16-6-5-9-21-14-16/h2-9,14-15H,10-13H2,1H3. The highest BCUT2D eigenvalue weighted by molar-refractivity contribution is 7.88. The van der Waals surface area contributed by atoms with Gasteiger partial charge in [-0.25, -0.2) is 13.1 Å². The van der Waals surface area contributed by atoms with Gasteiger partial charge in [0, 0.05) is 50.3 Å². The lowest BCUT2D eigenvalue weighted by atomic mass is 10.1. The minimum absolute atomic E-state index is 0.167. The third kappa shape index (κ3) is 4.06. The molecule has 29 heavy (non-hydrogen) atoms. The largest absolute Gasteiger partial charge is 0.336 e. The predicted molar refractivity (Wildman–Crippen MR) is 109 cm³/mol. The fourth-order valence-electron chi connectivity index (χ4n) is 3.35. The molecule has 1 amide bonds. The number of piperazine rings is 1. The summed E-state index contributed by atoms with van der Waals surface area (Å²) in [4.78, 5) is 19.1. The molecule has 0 atom stereocenters. The van der Waals surface area contributed by atoms with E-state index in [1.54, 1.807) is 34.2 Å². The van der Waals surface area contributed by atoms with Crippen LogP contribution in [-0.2, 0) is 10.0 Å². The van der Waals surface area contributed by atoms with Crippen molar-refractivity contribution in [1.82, 2.24) is 24.0 Å². The van der Waals surface area contributed by atoms with Crippen LogP contribution < -0.4 is 0 Å². The lowest BCUT2D eigenvalue weighted by molar-refractivity contribution is 0.0699. The second-order valence-electron chi connectivity index (χ2n) is 6.87. The van der Waals surface area contributed by atoms with Crippen molar-refractivity contribution < 1.29 is 13.2 Å². The maximum absolute atomic E-state index is 13.3. The summed E-state index contributed by atoms with van der Waals surface area (Å²) in [5.41, 5.74) is 2.62. The number of hydrogen-bond acceptors (Lipinski definition) is 5. The minimum Gasteiger partial charge on any atom is -0.336 e. The molecular formula is C20H21N5O3S. The van der Waals surface area contributed by atoms with Crippen LogP contribution in [0.3, 0.4) is 0 Å². The van der Waals surface area contributed by atoms with Gasteiger partial charge in [0.15, 0.2) is 0 Å². The van der Waals surface area contributed by atoms with Crippen molar-refractivity contribution in [3.8, 4) is 16.9 Å². The molecule has 1 aliphatic rings. The fourth-order valence-corrected chi connectivity index (χ4v) is 4.18. The number of rotatable bonds is 4. The first-order chi connectivity index (χ1) is 13.9. The van der Waals surface area contributed by atoms with E-state index >= 15 is 0 Å². The summed E-state index contributed by atoms with van der Waals surface area (Å²) in [5.74, 6) is -0.167. The first kappa shape index (κ1) is 19.3. The van der Waals surface area contributed by atoms with Crippen molar-refractivity contribution in [2.75, 3.05) is 32.4 Å². The molecule has 3 aromatic rings. The maximum Gasteiger partial charge on any atom is 0.257 e. The number of para-hydroxylation sites is 1. The summed E-state index contributed by atoms with van der Waals surface area (Å²) in [5, 5.41) is 4.64. The molecule has 0 spiro atoms. The Morgan fingerprint density at radius 2 is 1.72 bits per heavy atom. The zero-order valence-corrected chi connectivity index (χ0v) is 16.8. The molecule has 2 aromatic heterocycles. The average Bonchev–Trinajstić information content (AvgIpc) is 3.19. The van der Waals surface area contributed by atoms with Crippen LogP contribution in [0.25, 0.3) is 16.9 Å². The maximum atomic E-state index is 13.3. The zero-order valence-electron chi connectivity index (χ0n) is 16.0. The second kappa shape index (κ2) is 7.76. The smallest absolute Gasteiger partial charge is 0.257 e. The number of nitrogens with zero attached hydrogens (tertiary/aromatic N) is 5. The van der Waals surface area contributed by atoms with Crippen molar-refractivity contribution in [2.24, 2.45) is 0 Å². The van der Waals surface area contributed by atoms with Crippen molar-refractivity contribution in [1.29, 1.82) is 0 Å². The number of amides is 1. The Kier molecular flexibility index (Phi) is 5.16. The summed E-state index contributed by atoms with van der Waals surface area (Å²) in [6.07, 6.45) is 6.26. The number of hydrogen-bond donors (Lipinski definition) is 0. The van der Waals surface area contributed by atoms with Gasteiger partial charge in [-0.1, -0.05) is 18.2 Å². The van der Waals surface area contributed by atoms with E-state index in [1.807, 2.05) is 36.4 Å². The van der Waals surface area contributed by atoms with Crippen molar-refractivity contribution in [3.05, 3.63) is 66.6 Å². The van der Waals surface area contributed by atoms with Crippen LogP contribution in [0.4, 0.5) is 0 Å². The lowest BCUT2D eigenvalue weighted by Gasteiger charge is -2.33. The Labute approximate surface area is 169 Å². The van der Waals surface area contributed by atoms with Gasteiger partial charge in [0.25, 0.3) is 5.91 Å². The Morgan fingerprint density at radius 3 is 2.34 bits per heavy atom. The highest BCUT2D eigenvalue weighted by atomic mass is 32.2. The monoisotopic (exact) mass is 411 g/mol. The lowest BCUT2D eigenvalue weighted by Crippen LogP contribution is -2.50. The topological polar surface area (TPSA) is 88.4 Å². The molecule has 150 valence electrons. The van der Waals surface area contributed by atoms with Crippen molar-refractivity contribution in [3.63, 3.8) is 0 Å². The molecule has 4 rings (SSSR count). The predicted octanol–water partition coefficient (Wildman–Crippen LogP) is 1.65. The molecule has 1 fully saturated rings. The third-order valence-electron chi connectivity index (χ3n) is 4.90. The van der Waals surface area contributed by atoms with Gasteiger partial charge in [0.1, 0.15) is 5.69 Å². The van der Waals surface area contributed by atoms with Crippen LogP contribution in [0, 0.1) is 0 Å². The van der Waals surface area contributed by atoms with E-state index in [-0.39, 0.29) is 5.91 Å². The normalized spacial score (nSPS) is 15.4. The van der Waals surface area contributed by atoms with E-state index in [2.05, 4.69) is 10.1 Å². The molecule has 3 heterocycles. The van der Waals surface area contributed by atoms with E-state index in [4.69, 9.17) is 0 Å². The van der Waals surface area contributed by atoms with Gasteiger partial charge in [-0.2, -0.15) is 9.40 Å². The number of carbonyl (C=O) groups excluding carboxylic acids is 1. The molecule has 9 heteroatoms. The molecule has 0 unspecified atom stereocenters. The van der Waals surface area contributed by atoms with E-state index in [1.165, 1.54) is 10.6 Å². The Bertz CT molecular complexity index is 1110. The SMILES string of the molecule is CS(=O)(=O)N1CCN(C(=O)c2cn(-c3ccccc3)nc2-c2cccnc2)CC1. The van der Waals surface area contributed by atoms with Gasteiger partial charge in [0.05, 0.1) is 17.5 Å². The van der Waals surface area contributed by atoms with Gasteiger partial charge in [-0.15, -0.1) is 0 Å². The molecule has 0 N–H and O–H groups in total. The number of sulfonamides is 1. The van der Waals surface area contributed by atoms with Crippen LogP contribution in [0.2, 0.25) is 0 Å². The molecule has 1 saturated heterocycles. The number of carbonyl (C=O) groups is 1. The van der Waals surface area contributed by atoms with Gasteiger partial charge in [-0.05, 0) is 24.3 Å². The Balaban J connectivity index is 1.67. The number of aromatic nitrogens is 3. The molecule has 8 nitrogen and oxygen atoms in total. The van der Waals surface area contributed by atoms with Crippen molar-refractivity contribution in [2.45, 2.75) is 0 Å². The van der Waals surface area contributed by atoms with Gasteiger partial charge < -0.3 is 4.90 Å². The van der Waals surface area contributed by atoms with Crippen LogP contribution in [0.15, 0.2) is 61.1 Å². The minimum atomic E-state index is -3.25. The van der Waals surface area contributed by atoms with Crippen LogP contribution in [0.1, 0.15) is 10.4 Å². The summed E-state index contributed by atoms with van der Waals surface area (Å²) in [7, 11) is -3.25. The third-order valence-corrected chi connectivity index (χ3v) is 6.20. The molecule has 1 aromatic carbocycles. The van der Waals surface area contributed by atoms with Gasteiger partial charge in [0.2, 0.25) is 10.0 Å². The van der Waals surface area contributed by atoms with E-state index < -0.39 is 10.0 Å². The number of pyridine rings is 1. The van der Waals surface area contributed by atoms with Crippen LogP contribution >= 0.6 is 0 Å². The molecular weight excluding hydrogens is 390 g/mol. The highest BCUT2D eigenvalue weighted by Crippen LogP contribution is 2.25. The van der Waals surface area contributed by atoms with E-state index in [0.717, 1.165) is 11.3 Å². The van der Waals surface area contributed by atoms with E-state index in [9.17, 15) is 13.2 Å². The van der Waals surface area contributed by atoms with Crippen LogP contribution in [0.5, 0.6) is 0 Å². The molecule has 0 radical (unpaired) electrons. The quantitative estimate of drug-likeness (QED) is 0.651. The average molecular weight is 411 g/mol. The van der Waals surface area contributed by atoms with E-state index in [0.29, 0.717) is 37.4 Å². The highest BCUT2D eigenvalue weighted by Gasteiger charge is 2.29. The van der Waals surface area contributed by atoms with Crippen LogP contribution in [-0.4, -0.2) is 70.7 Å². The molecule has 1 aliphatic heterocycles. The summed E-state index contributed by atoms with van der Waals surface area (Å²) < 4.78 is 26.5. The molecule has 0 aliphatic carbocycles. The molecule has 0 saturated carbocycles. The van der Waals surface area contributed by atoms with Gasteiger partial charge in [-0.3, -0.25) is 9.78 Å². The van der Waals surface area contributed by atoms with Crippen molar-refractivity contribution >= 4 is 15.9 Å². The number of benzene rings is 1. The Hall–Kier alpha value is -3.04. The summed E-state index contributed by atoms with van der Waals surface area (Å²) in [6, 6.07) is 13.2. The Morgan fingerprint density at radius 1 is 1.00 bits per heavy atom. The second-order valence-corrected chi connectivity index (χ2v) is 8.85. The zero-order chi connectivity index (χ0) is 20.4.